The van der Waals surface area contributed by atoms with Crippen LogP contribution in [0, 0.1) is 0 Å². The third-order valence-electron chi connectivity index (χ3n) is 4.70. The van der Waals surface area contributed by atoms with Crippen LogP contribution in [-0.4, -0.2) is 48.7 Å². The Balaban J connectivity index is 1.77. The molecule has 1 amide bonds. The fourth-order valence-electron chi connectivity index (χ4n) is 3.15. The van der Waals surface area contributed by atoms with E-state index in [0.29, 0.717) is 10.8 Å². The monoisotopic (exact) mass is 441 g/mol. The molecule has 0 bridgehead atoms. The van der Waals surface area contributed by atoms with E-state index in [0.717, 1.165) is 5.56 Å². The van der Waals surface area contributed by atoms with Crippen LogP contribution in [0.3, 0.4) is 0 Å². The number of nitrogens with one attached hydrogen (secondary N) is 1. The molecule has 1 aliphatic rings. The molecule has 8 nitrogen and oxygen atoms in total. The predicted molar refractivity (Wildman–Crippen MR) is 104 cm³/mol. The third kappa shape index (κ3) is 4.54. The van der Waals surface area contributed by atoms with Gasteiger partial charge < -0.3 is 14.6 Å². The van der Waals surface area contributed by atoms with E-state index < -0.39 is 33.2 Å². The minimum absolute atomic E-state index is 0.0613. The Kier molecular flexibility index (Phi) is 6.45. The van der Waals surface area contributed by atoms with E-state index >= 15 is 0 Å². The Hall–Kier alpha value is -2.17. The summed E-state index contributed by atoms with van der Waals surface area (Å²) in [7, 11) is -4.09. The van der Waals surface area contributed by atoms with Gasteiger partial charge in [-0.3, -0.25) is 10.0 Å². The van der Waals surface area contributed by atoms with Gasteiger partial charge in [-0.2, -0.15) is 0 Å². The van der Waals surface area contributed by atoms with Crippen molar-refractivity contribution in [1.29, 1.82) is 0 Å². The van der Waals surface area contributed by atoms with E-state index in [1.54, 1.807) is 18.2 Å². The zero-order valence-electron chi connectivity index (χ0n) is 15.2. The highest BCUT2D eigenvalue weighted by Crippen LogP contribution is 2.32. The molecule has 156 valence electrons. The van der Waals surface area contributed by atoms with Crippen molar-refractivity contribution >= 4 is 27.3 Å². The number of hydrogen-bond acceptors (Lipinski definition) is 7. The van der Waals surface area contributed by atoms with E-state index in [9.17, 15) is 18.3 Å². The van der Waals surface area contributed by atoms with Crippen LogP contribution in [0.4, 0.5) is 0 Å². The highest BCUT2D eigenvalue weighted by molar-refractivity contribution is 7.92. The summed E-state index contributed by atoms with van der Waals surface area (Å²) in [4.78, 5) is 11.8. The molecule has 0 saturated carbocycles. The zero-order chi connectivity index (χ0) is 21.1. The van der Waals surface area contributed by atoms with Crippen molar-refractivity contribution in [3.8, 4) is 5.75 Å². The minimum atomic E-state index is -4.09. The second-order valence-corrected chi connectivity index (χ2v) is 9.20. The number of hydrogen-bond donors (Lipinski definition) is 3. The third-order valence-corrected chi connectivity index (χ3v) is 7.23. The lowest BCUT2D eigenvalue weighted by Gasteiger charge is -2.36. The Morgan fingerprint density at radius 3 is 2.66 bits per heavy atom. The normalized spacial score (nSPS) is 22.1. The van der Waals surface area contributed by atoms with Gasteiger partial charge in [-0.15, -0.1) is 0 Å². The number of ether oxygens (including phenoxy) is 2. The maximum Gasteiger partial charge on any atom is 0.279 e. The van der Waals surface area contributed by atoms with Gasteiger partial charge in [0.1, 0.15) is 17.6 Å². The number of aliphatic hydroxyl groups is 1. The largest absolute Gasteiger partial charge is 0.489 e. The summed E-state index contributed by atoms with van der Waals surface area (Å²) < 4.78 is 36.7. The van der Waals surface area contributed by atoms with Gasteiger partial charge in [-0.05, 0) is 48.4 Å². The summed E-state index contributed by atoms with van der Waals surface area (Å²) in [6.45, 7) is -0.223. The van der Waals surface area contributed by atoms with Gasteiger partial charge >= 0.3 is 0 Å². The maximum atomic E-state index is 13.0. The van der Waals surface area contributed by atoms with Crippen molar-refractivity contribution in [1.82, 2.24) is 5.48 Å². The first-order valence-electron chi connectivity index (χ1n) is 8.73. The van der Waals surface area contributed by atoms with Gasteiger partial charge in [0.15, 0.2) is 15.4 Å². The number of carbonyl (C=O) groups is 1. The van der Waals surface area contributed by atoms with Crippen LogP contribution in [0.15, 0.2) is 53.4 Å². The molecule has 0 aromatic heterocycles. The lowest BCUT2D eigenvalue weighted by Crippen LogP contribution is -2.62. The first-order chi connectivity index (χ1) is 13.8. The molecule has 3 rings (SSSR count). The molecule has 1 heterocycles. The first kappa shape index (κ1) is 21.5. The second-order valence-electron chi connectivity index (χ2n) is 6.63. The van der Waals surface area contributed by atoms with Gasteiger partial charge in [0, 0.05) is 11.6 Å². The van der Waals surface area contributed by atoms with E-state index in [-0.39, 0.29) is 24.5 Å². The molecule has 1 saturated heterocycles. The molecule has 29 heavy (non-hydrogen) atoms. The number of benzene rings is 2. The van der Waals surface area contributed by atoms with Crippen molar-refractivity contribution < 1.29 is 33.0 Å². The van der Waals surface area contributed by atoms with E-state index in [1.807, 2.05) is 6.07 Å². The molecule has 1 aliphatic heterocycles. The number of carbonyl (C=O) groups excluding carboxylic acids is 1. The van der Waals surface area contributed by atoms with Crippen LogP contribution in [0.1, 0.15) is 12.0 Å². The molecule has 2 atom stereocenters. The summed E-state index contributed by atoms with van der Waals surface area (Å²) in [5, 5.41) is 18.6. The summed E-state index contributed by atoms with van der Waals surface area (Å²) in [6.07, 6.45) is -0.0979. The summed E-state index contributed by atoms with van der Waals surface area (Å²) in [5.41, 5.74) is -0.226. The second kappa shape index (κ2) is 8.68. The van der Waals surface area contributed by atoms with Crippen LogP contribution < -0.4 is 10.2 Å². The molecule has 0 radical (unpaired) electrons. The first-order valence-corrected chi connectivity index (χ1v) is 10.7. The van der Waals surface area contributed by atoms with Crippen molar-refractivity contribution in [2.45, 2.75) is 28.8 Å². The molecule has 0 aliphatic carbocycles. The van der Waals surface area contributed by atoms with Crippen LogP contribution in [0.2, 0.25) is 5.02 Å². The lowest BCUT2D eigenvalue weighted by molar-refractivity contribution is -0.161. The predicted octanol–water partition coefficient (Wildman–Crippen LogP) is 1.72. The van der Waals surface area contributed by atoms with Crippen LogP contribution >= 0.6 is 11.6 Å². The molecule has 10 heteroatoms. The molecular weight excluding hydrogens is 422 g/mol. The number of rotatable bonds is 6. The SMILES string of the molecule is O=C(NO)[C@@]1(O)COCC[C@H]1S(=O)(=O)c1ccc(OCc2cccc(Cl)c2)cc1. The topological polar surface area (TPSA) is 122 Å². The Morgan fingerprint density at radius 2 is 2.00 bits per heavy atom. The highest BCUT2D eigenvalue weighted by atomic mass is 35.5. The molecule has 2 aromatic carbocycles. The average molecular weight is 442 g/mol. The van der Waals surface area contributed by atoms with Crippen molar-refractivity contribution in [3.63, 3.8) is 0 Å². The minimum Gasteiger partial charge on any atom is -0.489 e. The Bertz CT molecular complexity index is 980. The van der Waals surface area contributed by atoms with E-state index in [2.05, 4.69) is 0 Å². The zero-order valence-corrected chi connectivity index (χ0v) is 16.8. The molecular formula is C19H20ClNO7S. The standard InChI is InChI=1S/C19H20ClNO7S/c20-14-3-1-2-13(10-14)11-28-15-4-6-16(7-5-15)29(25,26)17-8-9-27-12-19(17,23)18(22)21-24/h1-7,10,17,23-24H,8-9,11-12H2,(H,21,22)/t17-,19-/m1/s1. The van der Waals surface area contributed by atoms with Gasteiger partial charge in [0.25, 0.3) is 5.91 Å². The van der Waals surface area contributed by atoms with E-state index in [4.69, 9.17) is 26.3 Å². The smallest absolute Gasteiger partial charge is 0.279 e. The van der Waals surface area contributed by atoms with Crippen molar-refractivity contribution in [2.75, 3.05) is 13.2 Å². The van der Waals surface area contributed by atoms with Crippen molar-refractivity contribution in [2.24, 2.45) is 0 Å². The van der Waals surface area contributed by atoms with Crippen LogP contribution in [0.25, 0.3) is 0 Å². The average Bonchev–Trinajstić information content (AvgIpc) is 2.72. The van der Waals surface area contributed by atoms with Crippen LogP contribution in [0.5, 0.6) is 5.75 Å². The Labute approximate surface area is 172 Å². The number of sulfone groups is 1. The molecule has 0 unspecified atom stereocenters. The van der Waals surface area contributed by atoms with Crippen molar-refractivity contribution in [3.05, 3.63) is 59.1 Å². The molecule has 3 N–H and O–H groups in total. The highest BCUT2D eigenvalue weighted by Gasteiger charge is 2.53. The quantitative estimate of drug-likeness (QED) is 0.460. The number of halogens is 1. The maximum absolute atomic E-state index is 13.0. The lowest BCUT2D eigenvalue weighted by atomic mass is 9.95. The number of amides is 1. The number of hydroxylamine groups is 1. The van der Waals surface area contributed by atoms with Gasteiger partial charge in [0.05, 0.1) is 11.5 Å². The summed E-state index contributed by atoms with van der Waals surface area (Å²) >= 11 is 5.93. The molecule has 2 aromatic rings. The fraction of sp³-hybridized carbons (Fsp3) is 0.316. The molecule has 0 spiro atoms. The molecule has 1 fully saturated rings. The van der Waals surface area contributed by atoms with Crippen LogP contribution in [-0.2, 0) is 26.0 Å². The van der Waals surface area contributed by atoms with E-state index in [1.165, 1.54) is 29.7 Å². The van der Waals surface area contributed by atoms with Gasteiger partial charge in [-0.1, -0.05) is 23.7 Å². The Morgan fingerprint density at radius 1 is 1.28 bits per heavy atom. The fourth-order valence-corrected chi connectivity index (χ4v) is 5.31. The van der Waals surface area contributed by atoms with Gasteiger partial charge in [0.2, 0.25) is 0 Å². The summed E-state index contributed by atoms with van der Waals surface area (Å²) in [5.74, 6) is -0.786. The van der Waals surface area contributed by atoms with Gasteiger partial charge in [-0.25, -0.2) is 13.9 Å². The summed E-state index contributed by atoms with van der Waals surface area (Å²) in [6, 6.07) is 12.8.